The van der Waals surface area contributed by atoms with E-state index in [1.54, 1.807) is 6.07 Å². The van der Waals surface area contributed by atoms with Crippen LogP contribution in [0.3, 0.4) is 0 Å². The summed E-state index contributed by atoms with van der Waals surface area (Å²) >= 11 is 0. The Morgan fingerprint density at radius 3 is 2.43 bits per heavy atom. The molecule has 1 amide bonds. The van der Waals surface area contributed by atoms with Crippen LogP contribution in [0.15, 0.2) is 48.7 Å². The number of hydrogen-bond donors (Lipinski definition) is 3. The number of aromatic nitrogens is 1. The summed E-state index contributed by atoms with van der Waals surface area (Å²) in [5, 5.41) is 7.96. The highest BCUT2D eigenvalue weighted by atomic mass is 19.4. The number of nitrogens with one attached hydrogen (secondary N) is 3. The molecule has 0 aliphatic carbocycles. The van der Waals surface area contributed by atoms with Gasteiger partial charge in [0, 0.05) is 44.2 Å². The molecule has 0 bridgehead atoms. The molecule has 4 rings (SSSR count). The minimum atomic E-state index is -4.74. The zero-order valence-corrected chi connectivity index (χ0v) is 20.1. The number of carbonyl (C=O) groups is 1. The van der Waals surface area contributed by atoms with Crippen LogP contribution < -0.4 is 25.6 Å². The number of rotatable bonds is 7. The van der Waals surface area contributed by atoms with Crippen molar-refractivity contribution in [3.63, 3.8) is 0 Å². The van der Waals surface area contributed by atoms with E-state index in [0.717, 1.165) is 37.0 Å². The minimum Gasteiger partial charge on any atom is -0.494 e. The molecule has 1 saturated heterocycles. The number of carbonyl (C=O) groups excluding carboxylic acids is 1. The van der Waals surface area contributed by atoms with Crippen LogP contribution in [0.1, 0.15) is 15.9 Å². The van der Waals surface area contributed by atoms with Crippen molar-refractivity contribution in [1.82, 2.24) is 10.3 Å². The van der Waals surface area contributed by atoms with Gasteiger partial charge in [0.05, 0.1) is 48.5 Å². The van der Waals surface area contributed by atoms with E-state index in [1.807, 2.05) is 12.1 Å². The summed E-state index contributed by atoms with van der Waals surface area (Å²) in [5.74, 6) is -0.796. The van der Waals surface area contributed by atoms with Gasteiger partial charge in [-0.2, -0.15) is 13.2 Å². The van der Waals surface area contributed by atoms with E-state index in [9.17, 15) is 22.4 Å². The fourth-order valence-corrected chi connectivity index (χ4v) is 3.89. The highest BCUT2D eigenvalue weighted by Gasteiger charge is 2.34. The van der Waals surface area contributed by atoms with E-state index >= 15 is 0 Å². The SMILES string of the molecule is CNC(=O)c1cc(F)ccc1Nc1cc(Nc2ccc(N3CCOCC3)cc2OC)ncc1C(F)(F)F. The summed E-state index contributed by atoms with van der Waals surface area (Å²) in [7, 11) is 2.83. The quantitative estimate of drug-likeness (QED) is 0.382. The zero-order valence-electron chi connectivity index (χ0n) is 20.1. The number of amides is 1. The number of anilines is 5. The molecule has 2 aromatic carbocycles. The standard InChI is InChI=1S/C25H25F4N5O3/c1-30-24(35)17-11-15(26)3-5-19(17)32-21-13-23(31-14-18(21)25(27,28)29)33-20-6-4-16(12-22(20)36-2)34-7-9-37-10-8-34/h3-6,11-14H,7-10H2,1-2H3,(H,30,35)(H2,31,32,33). The first-order chi connectivity index (χ1) is 17.7. The highest BCUT2D eigenvalue weighted by molar-refractivity contribution is 6.00. The van der Waals surface area contributed by atoms with Gasteiger partial charge in [0.25, 0.3) is 5.91 Å². The number of pyridine rings is 1. The largest absolute Gasteiger partial charge is 0.494 e. The van der Waals surface area contributed by atoms with Crippen molar-refractivity contribution in [2.24, 2.45) is 0 Å². The predicted octanol–water partition coefficient (Wildman–Crippen LogP) is 4.93. The summed E-state index contributed by atoms with van der Waals surface area (Å²) in [6.45, 7) is 2.69. The lowest BCUT2D eigenvalue weighted by Gasteiger charge is -2.29. The lowest BCUT2D eigenvalue weighted by atomic mass is 10.1. The molecule has 0 saturated carbocycles. The van der Waals surface area contributed by atoms with Crippen LogP contribution in [-0.2, 0) is 10.9 Å². The Balaban J connectivity index is 1.67. The third-order valence-corrected chi connectivity index (χ3v) is 5.76. The van der Waals surface area contributed by atoms with Crippen molar-refractivity contribution < 1.29 is 31.8 Å². The molecule has 3 aromatic rings. The van der Waals surface area contributed by atoms with Crippen molar-refractivity contribution in [1.29, 1.82) is 0 Å². The second-order valence-corrected chi connectivity index (χ2v) is 8.12. The number of halogens is 4. The van der Waals surface area contributed by atoms with Gasteiger partial charge in [0.15, 0.2) is 0 Å². The summed E-state index contributed by atoms with van der Waals surface area (Å²) in [4.78, 5) is 18.3. The molecule has 8 nitrogen and oxygen atoms in total. The summed E-state index contributed by atoms with van der Waals surface area (Å²) in [5.41, 5.74) is -0.166. The smallest absolute Gasteiger partial charge is 0.419 e. The average molecular weight is 519 g/mol. The fraction of sp³-hybridized carbons (Fsp3) is 0.280. The lowest BCUT2D eigenvalue weighted by molar-refractivity contribution is -0.137. The number of methoxy groups -OCH3 is 1. The third-order valence-electron chi connectivity index (χ3n) is 5.76. The number of ether oxygens (including phenoxy) is 2. The minimum absolute atomic E-state index is 0.00385. The van der Waals surface area contributed by atoms with Gasteiger partial charge in [0.1, 0.15) is 17.4 Å². The topological polar surface area (TPSA) is 87.8 Å². The van der Waals surface area contributed by atoms with Crippen molar-refractivity contribution in [3.8, 4) is 5.75 Å². The number of morpholine rings is 1. The Bertz CT molecular complexity index is 1280. The van der Waals surface area contributed by atoms with Gasteiger partial charge in [-0.25, -0.2) is 9.37 Å². The first kappa shape index (κ1) is 26.0. The zero-order chi connectivity index (χ0) is 26.6. The maximum atomic E-state index is 13.8. The number of benzene rings is 2. The molecule has 1 aliphatic rings. The van der Waals surface area contributed by atoms with Crippen molar-refractivity contribution in [2.75, 3.05) is 56.0 Å². The number of hydrogen-bond acceptors (Lipinski definition) is 7. The van der Waals surface area contributed by atoms with Crippen LogP contribution in [0.2, 0.25) is 0 Å². The molecule has 0 spiro atoms. The van der Waals surface area contributed by atoms with Crippen molar-refractivity contribution in [3.05, 3.63) is 65.6 Å². The molecule has 196 valence electrons. The van der Waals surface area contributed by atoms with Gasteiger partial charge < -0.3 is 30.3 Å². The second kappa shape index (κ2) is 10.9. The molecule has 1 aromatic heterocycles. The lowest BCUT2D eigenvalue weighted by Crippen LogP contribution is -2.36. The molecule has 3 N–H and O–H groups in total. The Labute approximate surface area is 210 Å². The normalized spacial score (nSPS) is 13.7. The first-order valence-corrected chi connectivity index (χ1v) is 11.3. The first-order valence-electron chi connectivity index (χ1n) is 11.3. The molecular formula is C25H25F4N5O3. The summed E-state index contributed by atoms with van der Waals surface area (Å²) < 4.78 is 65.9. The van der Waals surface area contributed by atoms with Gasteiger partial charge >= 0.3 is 6.18 Å². The van der Waals surface area contributed by atoms with Crippen LogP contribution >= 0.6 is 0 Å². The van der Waals surface area contributed by atoms with Crippen LogP contribution in [0.25, 0.3) is 0 Å². The van der Waals surface area contributed by atoms with Crippen molar-refractivity contribution in [2.45, 2.75) is 6.18 Å². The van der Waals surface area contributed by atoms with Gasteiger partial charge in [-0.1, -0.05) is 0 Å². The number of nitrogens with zero attached hydrogens (tertiary/aromatic N) is 2. The highest BCUT2D eigenvalue weighted by Crippen LogP contribution is 2.39. The van der Waals surface area contributed by atoms with E-state index in [-0.39, 0.29) is 22.8 Å². The summed E-state index contributed by atoms with van der Waals surface area (Å²) in [6, 6.07) is 9.79. The molecule has 1 fully saturated rings. The molecular weight excluding hydrogens is 494 g/mol. The van der Waals surface area contributed by atoms with Gasteiger partial charge in [-0.15, -0.1) is 0 Å². The van der Waals surface area contributed by atoms with Crippen LogP contribution in [0.4, 0.5) is 46.1 Å². The average Bonchev–Trinajstić information content (AvgIpc) is 2.89. The van der Waals surface area contributed by atoms with Crippen LogP contribution in [0, 0.1) is 5.82 Å². The third kappa shape index (κ3) is 6.02. The Hall–Kier alpha value is -4.06. The fourth-order valence-electron chi connectivity index (χ4n) is 3.89. The predicted molar refractivity (Wildman–Crippen MR) is 132 cm³/mol. The molecule has 12 heteroatoms. The molecule has 0 atom stereocenters. The molecule has 0 unspecified atom stereocenters. The molecule has 1 aliphatic heterocycles. The van der Waals surface area contributed by atoms with Gasteiger partial charge in [-0.05, 0) is 30.3 Å². The van der Waals surface area contributed by atoms with E-state index < -0.39 is 23.5 Å². The molecule has 2 heterocycles. The van der Waals surface area contributed by atoms with Gasteiger partial charge in [-0.3, -0.25) is 4.79 Å². The van der Waals surface area contributed by atoms with Crippen LogP contribution in [0.5, 0.6) is 5.75 Å². The molecule has 0 radical (unpaired) electrons. The maximum Gasteiger partial charge on any atom is 0.419 e. The van der Waals surface area contributed by atoms with E-state index in [1.165, 1.54) is 20.2 Å². The maximum absolute atomic E-state index is 13.8. The van der Waals surface area contributed by atoms with E-state index in [4.69, 9.17) is 9.47 Å². The van der Waals surface area contributed by atoms with Gasteiger partial charge in [0.2, 0.25) is 0 Å². The van der Waals surface area contributed by atoms with Crippen molar-refractivity contribution >= 4 is 34.5 Å². The Morgan fingerprint density at radius 2 is 1.76 bits per heavy atom. The summed E-state index contributed by atoms with van der Waals surface area (Å²) in [6.07, 6.45) is -4.05. The van der Waals surface area contributed by atoms with E-state index in [0.29, 0.717) is 30.8 Å². The Morgan fingerprint density at radius 1 is 1.03 bits per heavy atom. The van der Waals surface area contributed by atoms with E-state index in [2.05, 4.69) is 25.8 Å². The number of alkyl halides is 3. The Kier molecular flexibility index (Phi) is 7.67. The molecule has 37 heavy (non-hydrogen) atoms. The van der Waals surface area contributed by atoms with Crippen LogP contribution in [-0.4, -0.2) is 51.4 Å². The monoisotopic (exact) mass is 519 g/mol. The second-order valence-electron chi connectivity index (χ2n) is 8.12.